The molecule has 9 nitrogen and oxygen atoms in total. The standard InChI is InChI=1S/C20H25N7O2/c1-19(2,3)12-27-14(8-13-10-22-15(9-21)23-16(13)27)11-26-6-4-20(5-7-26)17(28)24-18(29)25-20/h8,10H,4-7,11-12H2,1-3H3,(H2,24,25,28,29). The van der Waals surface area contributed by atoms with Crippen molar-refractivity contribution >= 4 is 23.0 Å². The van der Waals surface area contributed by atoms with Crippen LogP contribution in [0.25, 0.3) is 11.0 Å². The lowest BCUT2D eigenvalue weighted by Gasteiger charge is -2.37. The zero-order valence-corrected chi connectivity index (χ0v) is 16.9. The smallest absolute Gasteiger partial charge is 0.322 e. The Morgan fingerprint density at radius 3 is 2.59 bits per heavy atom. The summed E-state index contributed by atoms with van der Waals surface area (Å²) in [4.78, 5) is 34.5. The summed E-state index contributed by atoms with van der Waals surface area (Å²) in [5.41, 5.74) is 1.16. The lowest BCUT2D eigenvalue weighted by atomic mass is 9.87. The number of rotatable bonds is 3. The van der Waals surface area contributed by atoms with Crippen molar-refractivity contribution in [2.75, 3.05) is 13.1 Å². The number of hydrogen-bond acceptors (Lipinski definition) is 6. The van der Waals surface area contributed by atoms with Crippen molar-refractivity contribution in [2.24, 2.45) is 5.41 Å². The molecular formula is C20H25N7O2. The molecular weight excluding hydrogens is 370 g/mol. The summed E-state index contributed by atoms with van der Waals surface area (Å²) in [5.74, 6) is -0.0523. The number of piperidine rings is 1. The van der Waals surface area contributed by atoms with Crippen LogP contribution in [0, 0.1) is 16.7 Å². The lowest BCUT2D eigenvalue weighted by Crippen LogP contribution is -2.54. The topological polar surface area (TPSA) is 116 Å². The summed E-state index contributed by atoms with van der Waals surface area (Å²) in [6, 6.07) is 3.69. The van der Waals surface area contributed by atoms with Crippen LogP contribution in [0.2, 0.25) is 0 Å². The number of likely N-dealkylation sites (tertiary alicyclic amines) is 1. The molecule has 2 aromatic heterocycles. The lowest BCUT2D eigenvalue weighted by molar-refractivity contribution is -0.125. The van der Waals surface area contributed by atoms with Crippen LogP contribution in [-0.4, -0.2) is 50.0 Å². The van der Waals surface area contributed by atoms with Gasteiger partial charge in [0, 0.05) is 43.5 Å². The quantitative estimate of drug-likeness (QED) is 0.762. The largest absolute Gasteiger partial charge is 0.328 e. The first kappa shape index (κ1) is 19.3. The Morgan fingerprint density at radius 2 is 2.00 bits per heavy atom. The highest BCUT2D eigenvalue weighted by Gasteiger charge is 2.47. The Labute approximate surface area is 169 Å². The molecule has 29 heavy (non-hydrogen) atoms. The molecule has 4 heterocycles. The molecule has 2 aliphatic heterocycles. The molecule has 9 heteroatoms. The summed E-state index contributed by atoms with van der Waals surface area (Å²) in [6.07, 6.45) is 2.87. The average Bonchev–Trinajstić information content (AvgIpc) is 3.12. The van der Waals surface area contributed by atoms with Gasteiger partial charge in [0.15, 0.2) is 0 Å². The van der Waals surface area contributed by atoms with Gasteiger partial charge in [-0.1, -0.05) is 20.8 Å². The van der Waals surface area contributed by atoms with Crippen molar-refractivity contribution in [3.8, 4) is 6.07 Å². The summed E-state index contributed by atoms with van der Waals surface area (Å²) in [5, 5.41) is 15.2. The van der Waals surface area contributed by atoms with E-state index in [9.17, 15) is 14.9 Å². The van der Waals surface area contributed by atoms with E-state index in [-0.39, 0.29) is 17.1 Å². The maximum atomic E-state index is 12.2. The number of amides is 3. The first-order valence-electron chi connectivity index (χ1n) is 9.80. The van der Waals surface area contributed by atoms with Gasteiger partial charge in [-0.3, -0.25) is 15.0 Å². The van der Waals surface area contributed by atoms with Gasteiger partial charge in [-0.2, -0.15) is 5.26 Å². The van der Waals surface area contributed by atoms with Crippen molar-refractivity contribution < 1.29 is 9.59 Å². The fourth-order valence-electron chi connectivity index (χ4n) is 4.13. The summed E-state index contributed by atoms with van der Waals surface area (Å²) in [7, 11) is 0. The maximum Gasteiger partial charge on any atom is 0.322 e. The zero-order chi connectivity index (χ0) is 20.8. The number of hydrogen-bond donors (Lipinski definition) is 2. The number of nitrogens with one attached hydrogen (secondary N) is 2. The number of aromatic nitrogens is 3. The van der Waals surface area contributed by atoms with Gasteiger partial charge in [0.1, 0.15) is 17.3 Å². The molecule has 0 saturated carbocycles. The van der Waals surface area contributed by atoms with Crippen LogP contribution in [0.15, 0.2) is 12.3 Å². The van der Waals surface area contributed by atoms with Crippen LogP contribution < -0.4 is 10.6 Å². The van der Waals surface area contributed by atoms with Crippen molar-refractivity contribution in [3.05, 3.63) is 23.8 Å². The second kappa shape index (κ2) is 6.81. The molecule has 0 unspecified atom stereocenters. The van der Waals surface area contributed by atoms with Crippen LogP contribution in [0.3, 0.4) is 0 Å². The van der Waals surface area contributed by atoms with Crippen molar-refractivity contribution in [3.63, 3.8) is 0 Å². The molecule has 2 fully saturated rings. The number of carbonyl (C=O) groups excluding carboxylic acids is 2. The van der Waals surface area contributed by atoms with E-state index in [1.807, 2.05) is 6.07 Å². The second-order valence-electron chi connectivity index (χ2n) is 9.13. The van der Waals surface area contributed by atoms with Gasteiger partial charge in [0.25, 0.3) is 5.91 Å². The molecule has 0 atom stereocenters. The Morgan fingerprint density at radius 1 is 1.28 bits per heavy atom. The van der Waals surface area contributed by atoms with Crippen molar-refractivity contribution in [1.29, 1.82) is 5.26 Å². The minimum Gasteiger partial charge on any atom is -0.328 e. The third-order valence-corrected chi connectivity index (χ3v) is 5.56. The fourth-order valence-corrected chi connectivity index (χ4v) is 4.13. The van der Waals surface area contributed by atoms with Gasteiger partial charge in [0.2, 0.25) is 5.82 Å². The molecule has 0 bridgehead atoms. The van der Waals surface area contributed by atoms with Gasteiger partial charge >= 0.3 is 6.03 Å². The molecule has 2 saturated heterocycles. The highest BCUT2D eigenvalue weighted by molar-refractivity contribution is 6.07. The van der Waals surface area contributed by atoms with Crippen molar-refractivity contribution in [2.45, 2.75) is 52.2 Å². The SMILES string of the molecule is CC(C)(C)Cn1c(CN2CCC3(CC2)NC(=O)NC3=O)cc2cnc(C#N)nc21. The number of fused-ring (bicyclic) bond motifs is 1. The first-order valence-corrected chi connectivity index (χ1v) is 9.80. The predicted octanol–water partition coefficient (Wildman–Crippen LogP) is 1.52. The van der Waals surface area contributed by atoms with Crippen LogP contribution in [0.5, 0.6) is 0 Å². The van der Waals surface area contributed by atoms with E-state index < -0.39 is 11.6 Å². The van der Waals surface area contributed by atoms with Gasteiger partial charge in [0.05, 0.1) is 0 Å². The maximum absolute atomic E-state index is 12.2. The molecule has 2 N–H and O–H groups in total. The van der Waals surface area contributed by atoms with E-state index >= 15 is 0 Å². The zero-order valence-electron chi connectivity index (χ0n) is 16.9. The summed E-state index contributed by atoms with van der Waals surface area (Å²) < 4.78 is 2.17. The Hall–Kier alpha value is -2.99. The van der Waals surface area contributed by atoms with E-state index in [2.05, 4.69) is 56.9 Å². The summed E-state index contributed by atoms with van der Waals surface area (Å²) in [6.45, 7) is 9.40. The van der Waals surface area contributed by atoms with Crippen LogP contribution in [0.4, 0.5) is 4.79 Å². The molecule has 0 radical (unpaired) electrons. The number of nitrogens with zero attached hydrogens (tertiary/aromatic N) is 5. The Bertz CT molecular complexity index is 1020. The van der Waals surface area contributed by atoms with Gasteiger partial charge in [-0.15, -0.1) is 0 Å². The third kappa shape index (κ3) is 3.68. The molecule has 2 aromatic rings. The predicted molar refractivity (Wildman–Crippen MR) is 106 cm³/mol. The normalized spacial score (nSPS) is 19.4. The number of nitriles is 1. The van der Waals surface area contributed by atoms with E-state index in [1.165, 1.54) is 0 Å². The first-order chi connectivity index (χ1) is 13.7. The van der Waals surface area contributed by atoms with Crippen LogP contribution in [-0.2, 0) is 17.9 Å². The number of imide groups is 1. The molecule has 4 rings (SSSR count). The molecule has 0 aromatic carbocycles. The van der Waals surface area contributed by atoms with Crippen LogP contribution >= 0.6 is 0 Å². The second-order valence-corrected chi connectivity index (χ2v) is 9.13. The highest BCUT2D eigenvalue weighted by Crippen LogP contribution is 2.29. The Balaban J connectivity index is 1.58. The monoisotopic (exact) mass is 395 g/mol. The van der Waals surface area contributed by atoms with Crippen LogP contribution in [0.1, 0.15) is 45.1 Å². The third-order valence-electron chi connectivity index (χ3n) is 5.56. The minimum absolute atomic E-state index is 0.0383. The van der Waals surface area contributed by atoms with Gasteiger partial charge in [-0.25, -0.2) is 14.8 Å². The average molecular weight is 395 g/mol. The molecule has 3 amide bonds. The van der Waals surface area contributed by atoms with E-state index in [1.54, 1.807) is 6.20 Å². The number of urea groups is 1. The molecule has 2 aliphatic rings. The van der Waals surface area contributed by atoms with E-state index in [4.69, 9.17) is 0 Å². The Kier molecular flexibility index (Phi) is 4.54. The summed E-state index contributed by atoms with van der Waals surface area (Å²) >= 11 is 0. The number of carbonyl (C=O) groups is 2. The molecule has 1 spiro atoms. The highest BCUT2D eigenvalue weighted by atomic mass is 16.2. The van der Waals surface area contributed by atoms with Gasteiger partial charge in [-0.05, 0) is 24.3 Å². The van der Waals surface area contributed by atoms with E-state index in [0.717, 1.165) is 23.3 Å². The minimum atomic E-state index is -0.765. The van der Waals surface area contributed by atoms with Crippen molar-refractivity contribution in [1.82, 2.24) is 30.1 Å². The fraction of sp³-hybridized carbons (Fsp3) is 0.550. The van der Waals surface area contributed by atoms with Gasteiger partial charge < -0.3 is 9.88 Å². The molecule has 0 aliphatic carbocycles. The van der Waals surface area contributed by atoms with E-state index in [0.29, 0.717) is 32.5 Å². The molecule has 152 valence electrons.